The average Bonchev–Trinajstić information content (AvgIpc) is 3.74. The fourth-order valence-electron chi connectivity index (χ4n) is 6.93. The maximum absolute atomic E-state index is 6.41. The van der Waals surface area contributed by atoms with Crippen molar-refractivity contribution in [2.24, 2.45) is 4.99 Å². The van der Waals surface area contributed by atoms with E-state index in [1.165, 1.54) is 27.8 Å². The maximum Gasteiger partial charge on any atom is 0.135 e. The minimum atomic E-state index is 0.873. The molecule has 2 aromatic heterocycles. The van der Waals surface area contributed by atoms with E-state index in [0.717, 1.165) is 73.9 Å². The highest BCUT2D eigenvalue weighted by Gasteiger charge is 2.17. The van der Waals surface area contributed by atoms with Crippen molar-refractivity contribution in [2.75, 3.05) is 0 Å². The summed E-state index contributed by atoms with van der Waals surface area (Å²) in [4.78, 5) is 4.83. The molecular formula is C47H33NO2. The lowest BCUT2D eigenvalue weighted by atomic mass is 9.94. The largest absolute Gasteiger partial charge is 0.460 e. The van der Waals surface area contributed by atoms with Crippen molar-refractivity contribution in [3.8, 4) is 22.3 Å². The molecule has 0 N–H and O–H groups in total. The molecule has 0 unspecified atom stereocenters. The van der Waals surface area contributed by atoms with Crippen LogP contribution in [0.3, 0.4) is 0 Å². The van der Waals surface area contributed by atoms with Gasteiger partial charge >= 0.3 is 0 Å². The average molecular weight is 644 g/mol. The van der Waals surface area contributed by atoms with Crippen molar-refractivity contribution in [3.05, 3.63) is 180 Å². The summed E-state index contributed by atoms with van der Waals surface area (Å²) in [7, 11) is 0. The zero-order valence-electron chi connectivity index (χ0n) is 27.4. The Bertz CT molecular complexity index is 2610. The van der Waals surface area contributed by atoms with Gasteiger partial charge in [-0.15, -0.1) is 0 Å². The van der Waals surface area contributed by atoms with Crippen molar-refractivity contribution in [3.63, 3.8) is 0 Å². The van der Waals surface area contributed by atoms with Gasteiger partial charge in [0.15, 0.2) is 0 Å². The van der Waals surface area contributed by atoms with Gasteiger partial charge in [-0.1, -0.05) is 121 Å². The van der Waals surface area contributed by atoms with Crippen molar-refractivity contribution >= 4 is 62.5 Å². The van der Waals surface area contributed by atoms with Gasteiger partial charge in [-0.2, -0.15) is 0 Å². The number of aliphatic imine (C=N–C) groups is 1. The third kappa shape index (κ3) is 5.69. The highest BCUT2D eigenvalue weighted by atomic mass is 16.3. The molecule has 0 fully saturated rings. The Morgan fingerprint density at radius 2 is 1.34 bits per heavy atom. The van der Waals surface area contributed by atoms with Crippen LogP contribution in [0.4, 0.5) is 5.69 Å². The smallest absolute Gasteiger partial charge is 0.135 e. The summed E-state index contributed by atoms with van der Waals surface area (Å²) < 4.78 is 12.6. The van der Waals surface area contributed by atoms with E-state index in [-0.39, 0.29) is 0 Å². The molecule has 0 radical (unpaired) electrons. The first-order chi connectivity index (χ1) is 24.8. The van der Waals surface area contributed by atoms with Crippen LogP contribution in [-0.4, -0.2) is 6.21 Å². The third-order valence-electron chi connectivity index (χ3n) is 9.49. The lowest BCUT2D eigenvalue weighted by molar-refractivity contribution is 0.546. The van der Waals surface area contributed by atoms with Gasteiger partial charge in [0.1, 0.15) is 22.5 Å². The Morgan fingerprint density at radius 1 is 0.600 bits per heavy atom. The third-order valence-corrected chi connectivity index (χ3v) is 9.49. The second kappa shape index (κ2) is 12.9. The van der Waals surface area contributed by atoms with Crippen LogP contribution in [0.5, 0.6) is 0 Å². The maximum atomic E-state index is 6.41. The summed E-state index contributed by atoms with van der Waals surface area (Å²) in [6.45, 7) is 0. The zero-order chi connectivity index (χ0) is 33.3. The number of hydrogen-bond acceptors (Lipinski definition) is 3. The highest BCUT2D eigenvalue weighted by Crippen LogP contribution is 2.37. The number of furan rings is 2. The van der Waals surface area contributed by atoms with Crippen molar-refractivity contribution in [1.29, 1.82) is 0 Å². The van der Waals surface area contributed by atoms with Gasteiger partial charge in [-0.3, -0.25) is 4.99 Å². The zero-order valence-corrected chi connectivity index (χ0v) is 27.4. The molecule has 3 heteroatoms. The Labute approximate surface area is 290 Å². The normalized spacial score (nSPS) is 13.3. The van der Waals surface area contributed by atoms with E-state index in [0.29, 0.717) is 0 Å². The number of allylic oxidation sites excluding steroid dienone is 4. The SMILES string of the molecule is C1=Cc2c(oc3cc(/C=C\C(=C/C=Nc4ccc(-c5ccccc5)cc4)c4ccc5oc6ccccc6c5c4)c(-c4ccccc4)cc23)CC1. The molecule has 50 heavy (non-hydrogen) atoms. The van der Waals surface area contributed by atoms with E-state index in [2.05, 4.69) is 152 Å². The topological polar surface area (TPSA) is 38.6 Å². The molecule has 3 nitrogen and oxygen atoms in total. The first-order valence-corrected chi connectivity index (χ1v) is 17.1. The first kappa shape index (κ1) is 29.7. The Balaban J connectivity index is 1.14. The van der Waals surface area contributed by atoms with Crippen molar-refractivity contribution in [1.82, 2.24) is 0 Å². The molecule has 0 spiro atoms. The van der Waals surface area contributed by atoms with Crippen LogP contribution in [0.25, 0.3) is 72.9 Å². The number of nitrogens with zero attached hydrogens (tertiary/aromatic N) is 1. The number of hydrogen-bond donors (Lipinski definition) is 0. The summed E-state index contributed by atoms with van der Waals surface area (Å²) >= 11 is 0. The van der Waals surface area contributed by atoms with Gasteiger partial charge < -0.3 is 8.83 Å². The number of aryl methyl sites for hydroxylation is 1. The van der Waals surface area contributed by atoms with Crippen molar-refractivity contribution < 1.29 is 8.83 Å². The van der Waals surface area contributed by atoms with Gasteiger partial charge in [-0.05, 0) is 93.9 Å². The number of rotatable bonds is 7. The summed E-state index contributed by atoms with van der Waals surface area (Å²) in [5.41, 5.74) is 12.7. The van der Waals surface area contributed by atoms with E-state index < -0.39 is 0 Å². The van der Waals surface area contributed by atoms with Gasteiger partial charge in [0.05, 0.1) is 5.69 Å². The van der Waals surface area contributed by atoms with Gasteiger partial charge in [0.25, 0.3) is 0 Å². The van der Waals surface area contributed by atoms with E-state index in [9.17, 15) is 0 Å². The molecule has 0 aliphatic heterocycles. The molecule has 9 rings (SSSR count). The minimum absolute atomic E-state index is 0.873. The second-order valence-electron chi connectivity index (χ2n) is 12.6. The van der Waals surface area contributed by atoms with Crippen LogP contribution in [0.1, 0.15) is 28.9 Å². The predicted octanol–water partition coefficient (Wildman–Crippen LogP) is 13.1. The van der Waals surface area contributed by atoms with Gasteiger partial charge in [0, 0.05) is 34.4 Å². The molecule has 1 aliphatic carbocycles. The highest BCUT2D eigenvalue weighted by molar-refractivity contribution is 6.07. The molecule has 1 aliphatic rings. The summed E-state index contributed by atoms with van der Waals surface area (Å²) in [6, 6.07) is 48.4. The predicted molar refractivity (Wildman–Crippen MR) is 210 cm³/mol. The van der Waals surface area contributed by atoms with Crippen LogP contribution in [0, 0.1) is 0 Å². The quantitative estimate of drug-likeness (QED) is 0.128. The molecule has 238 valence electrons. The van der Waals surface area contributed by atoms with E-state index in [1.54, 1.807) is 0 Å². The summed E-state index contributed by atoms with van der Waals surface area (Å²) in [5.74, 6) is 1.07. The molecule has 8 aromatic rings. The molecule has 0 atom stereocenters. The van der Waals surface area contributed by atoms with E-state index in [4.69, 9.17) is 13.8 Å². The number of benzene rings is 6. The molecule has 2 heterocycles. The van der Waals surface area contributed by atoms with E-state index in [1.807, 2.05) is 24.4 Å². The lowest BCUT2D eigenvalue weighted by Crippen LogP contribution is -1.89. The van der Waals surface area contributed by atoms with E-state index >= 15 is 0 Å². The second-order valence-corrected chi connectivity index (χ2v) is 12.6. The molecule has 0 bridgehead atoms. The summed E-state index contributed by atoms with van der Waals surface area (Å²) in [5, 5.41) is 3.35. The number of fused-ring (bicyclic) bond motifs is 6. The van der Waals surface area contributed by atoms with Crippen LogP contribution in [-0.2, 0) is 6.42 Å². The van der Waals surface area contributed by atoms with Gasteiger partial charge in [-0.25, -0.2) is 0 Å². The molecule has 0 saturated carbocycles. The lowest BCUT2D eigenvalue weighted by Gasteiger charge is -2.09. The molecular weight excluding hydrogens is 611 g/mol. The summed E-state index contributed by atoms with van der Waals surface area (Å²) in [6.07, 6.45) is 14.7. The van der Waals surface area contributed by atoms with Crippen molar-refractivity contribution in [2.45, 2.75) is 12.8 Å². The molecule has 0 saturated heterocycles. The fourth-order valence-corrected chi connectivity index (χ4v) is 6.93. The Morgan fingerprint density at radius 3 is 2.18 bits per heavy atom. The van der Waals surface area contributed by atoms with Crippen LogP contribution < -0.4 is 0 Å². The van der Waals surface area contributed by atoms with Crippen LogP contribution in [0.2, 0.25) is 0 Å². The Kier molecular flexibility index (Phi) is 7.64. The first-order valence-electron chi connectivity index (χ1n) is 17.1. The molecule has 0 amide bonds. The van der Waals surface area contributed by atoms with Crippen LogP contribution >= 0.6 is 0 Å². The standard InChI is InChI=1S/C47H33NO2/c1-3-11-32(12-4-1)33-21-24-38(25-22-33)48-28-27-34(36-23-26-46-42(29-36)39-15-7-9-17-44(39)49-46)19-20-37-30-47-43(40-16-8-10-18-45(40)50-47)31-41(37)35-13-5-2-6-14-35/h1-9,11-17,19-31H,10,18H2/b20-19-,34-27+,48-28?. The molecule has 6 aromatic carbocycles. The monoisotopic (exact) mass is 643 g/mol. The number of para-hydroxylation sites is 1. The van der Waals surface area contributed by atoms with Crippen LogP contribution in [0.15, 0.2) is 172 Å². The fraction of sp³-hybridized carbons (Fsp3) is 0.0426. The minimum Gasteiger partial charge on any atom is -0.460 e. The Hall–Kier alpha value is -6.45. The van der Waals surface area contributed by atoms with Gasteiger partial charge in [0.2, 0.25) is 0 Å².